The van der Waals surface area contributed by atoms with Crippen LogP contribution in [0.4, 0.5) is 16.3 Å². The summed E-state index contributed by atoms with van der Waals surface area (Å²) in [6.45, 7) is 2.70. The summed E-state index contributed by atoms with van der Waals surface area (Å²) in [5.74, 6) is 2.20. The Morgan fingerprint density at radius 3 is 2.92 bits per heavy atom. The Hall–Kier alpha value is -3.03. The lowest BCUT2D eigenvalue weighted by Gasteiger charge is -2.33. The molecule has 1 fully saturated rings. The van der Waals surface area contributed by atoms with Crippen LogP contribution in [-0.4, -0.2) is 48.3 Å². The normalized spacial score (nSPS) is 18.9. The van der Waals surface area contributed by atoms with Crippen molar-refractivity contribution in [1.82, 2.24) is 15.3 Å². The number of aromatic nitrogens is 2. The Kier molecular flexibility index (Phi) is 4.72. The van der Waals surface area contributed by atoms with Crippen molar-refractivity contribution < 1.29 is 14.3 Å². The number of hydrogen-bond donors (Lipinski definition) is 2. The number of fused-ring (bicyclic) bond motifs is 1. The molecule has 136 valence electrons. The van der Waals surface area contributed by atoms with Crippen molar-refractivity contribution in [3.05, 3.63) is 36.8 Å². The first kappa shape index (κ1) is 16.4. The number of piperidine rings is 1. The first-order valence-corrected chi connectivity index (χ1v) is 8.76. The SMILES string of the molecule is O=C(Nc1ccc2c(c1)OCCO2)N[C@@H]1CCCN(c2cnccn2)C1. The molecule has 0 aliphatic carbocycles. The Labute approximate surface area is 151 Å². The molecule has 2 aromatic rings. The molecule has 2 N–H and O–H groups in total. The molecule has 4 rings (SSSR count). The van der Waals surface area contributed by atoms with E-state index in [1.165, 1.54) is 0 Å². The summed E-state index contributed by atoms with van der Waals surface area (Å²) in [5, 5.41) is 5.90. The standard InChI is InChI=1S/C18H21N5O3/c24-18(21-13-3-4-15-16(10-13)26-9-8-25-15)22-14-2-1-7-23(12-14)17-11-19-5-6-20-17/h3-6,10-11,14H,1-2,7-9,12H2,(H2,21,22,24)/t14-/m1/s1. The van der Waals surface area contributed by atoms with E-state index in [0.29, 0.717) is 36.9 Å². The molecular formula is C18H21N5O3. The molecule has 2 aliphatic rings. The third-order valence-electron chi connectivity index (χ3n) is 4.43. The summed E-state index contributed by atoms with van der Waals surface area (Å²) >= 11 is 0. The van der Waals surface area contributed by atoms with Crippen LogP contribution < -0.4 is 25.0 Å². The van der Waals surface area contributed by atoms with E-state index in [-0.39, 0.29) is 12.1 Å². The maximum atomic E-state index is 12.4. The van der Waals surface area contributed by atoms with Gasteiger partial charge in [0.2, 0.25) is 0 Å². The third-order valence-corrected chi connectivity index (χ3v) is 4.43. The van der Waals surface area contributed by atoms with E-state index < -0.39 is 0 Å². The van der Waals surface area contributed by atoms with E-state index in [1.807, 2.05) is 0 Å². The molecule has 26 heavy (non-hydrogen) atoms. The van der Waals surface area contributed by atoms with Gasteiger partial charge >= 0.3 is 6.03 Å². The highest BCUT2D eigenvalue weighted by molar-refractivity contribution is 5.90. The van der Waals surface area contributed by atoms with Gasteiger partial charge < -0.3 is 25.0 Å². The van der Waals surface area contributed by atoms with Crippen LogP contribution in [0.5, 0.6) is 11.5 Å². The molecular weight excluding hydrogens is 334 g/mol. The minimum absolute atomic E-state index is 0.0583. The number of ether oxygens (including phenoxy) is 2. The number of hydrogen-bond acceptors (Lipinski definition) is 6. The fraction of sp³-hybridized carbons (Fsp3) is 0.389. The smallest absolute Gasteiger partial charge is 0.319 e. The van der Waals surface area contributed by atoms with Crippen LogP contribution in [0.15, 0.2) is 36.8 Å². The molecule has 0 saturated carbocycles. The van der Waals surface area contributed by atoms with Gasteiger partial charge in [0.15, 0.2) is 11.5 Å². The van der Waals surface area contributed by atoms with Gasteiger partial charge in [0.05, 0.1) is 6.20 Å². The minimum atomic E-state index is -0.229. The molecule has 0 spiro atoms. The number of rotatable bonds is 3. The van der Waals surface area contributed by atoms with E-state index in [9.17, 15) is 4.79 Å². The van der Waals surface area contributed by atoms with Crippen molar-refractivity contribution in [2.45, 2.75) is 18.9 Å². The van der Waals surface area contributed by atoms with E-state index in [1.54, 1.807) is 36.8 Å². The van der Waals surface area contributed by atoms with Crippen LogP contribution in [0.2, 0.25) is 0 Å². The highest BCUT2D eigenvalue weighted by Crippen LogP contribution is 2.32. The fourth-order valence-electron chi connectivity index (χ4n) is 3.23. The molecule has 2 aliphatic heterocycles. The molecule has 0 radical (unpaired) electrons. The zero-order chi connectivity index (χ0) is 17.8. The van der Waals surface area contributed by atoms with Gasteiger partial charge in [0.1, 0.15) is 19.0 Å². The van der Waals surface area contributed by atoms with Gasteiger partial charge in [-0.15, -0.1) is 0 Å². The van der Waals surface area contributed by atoms with Crippen molar-refractivity contribution in [1.29, 1.82) is 0 Å². The van der Waals surface area contributed by atoms with Gasteiger partial charge in [-0.2, -0.15) is 0 Å². The van der Waals surface area contributed by atoms with Crippen molar-refractivity contribution in [3.8, 4) is 11.5 Å². The monoisotopic (exact) mass is 355 g/mol. The second-order valence-electron chi connectivity index (χ2n) is 6.31. The fourth-order valence-corrected chi connectivity index (χ4v) is 3.23. The Morgan fingerprint density at radius 1 is 1.19 bits per heavy atom. The second kappa shape index (κ2) is 7.47. The van der Waals surface area contributed by atoms with Gasteiger partial charge in [-0.1, -0.05) is 0 Å². The van der Waals surface area contributed by atoms with Crippen LogP contribution >= 0.6 is 0 Å². The van der Waals surface area contributed by atoms with Gasteiger partial charge in [-0.3, -0.25) is 4.98 Å². The molecule has 3 heterocycles. The first-order valence-electron chi connectivity index (χ1n) is 8.76. The topological polar surface area (TPSA) is 88.6 Å². The molecule has 1 aromatic heterocycles. The highest BCUT2D eigenvalue weighted by atomic mass is 16.6. The molecule has 1 aromatic carbocycles. The average molecular weight is 355 g/mol. The third kappa shape index (κ3) is 3.79. The molecule has 0 bridgehead atoms. The number of carbonyl (C=O) groups excluding carboxylic acids is 1. The summed E-state index contributed by atoms with van der Waals surface area (Å²) in [6, 6.07) is 5.22. The quantitative estimate of drug-likeness (QED) is 0.876. The summed E-state index contributed by atoms with van der Waals surface area (Å²) in [6.07, 6.45) is 7.01. The van der Waals surface area contributed by atoms with Gasteiger partial charge in [-0.05, 0) is 25.0 Å². The number of anilines is 2. The van der Waals surface area contributed by atoms with E-state index in [4.69, 9.17) is 9.47 Å². The largest absolute Gasteiger partial charge is 0.486 e. The lowest BCUT2D eigenvalue weighted by molar-refractivity contribution is 0.171. The van der Waals surface area contributed by atoms with Gasteiger partial charge in [0.25, 0.3) is 0 Å². The van der Waals surface area contributed by atoms with Crippen molar-refractivity contribution in [2.75, 3.05) is 36.5 Å². The molecule has 2 amide bonds. The van der Waals surface area contributed by atoms with Gasteiger partial charge in [0, 0.05) is 43.3 Å². The zero-order valence-electron chi connectivity index (χ0n) is 14.4. The summed E-state index contributed by atoms with van der Waals surface area (Å²) < 4.78 is 11.0. The zero-order valence-corrected chi connectivity index (χ0v) is 14.4. The number of urea groups is 1. The summed E-state index contributed by atoms with van der Waals surface area (Å²) in [7, 11) is 0. The number of nitrogens with zero attached hydrogens (tertiary/aromatic N) is 3. The summed E-state index contributed by atoms with van der Waals surface area (Å²) in [4.78, 5) is 22.9. The molecule has 1 saturated heterocycles. The van der Waals surface area contributed by atoms with Crippen LogP contribution in [0.25, 0.3) is 0 Å². The van der Waals surface area contributed by atoms with E-state index in [2.05, 4.69) is 25.5 Å². The molecule has 8 nitrogen and oxygen atoms in total. The minimum Gasteiger partial charge on any atom is -0.486 e. The van der Waals surface area contributed by atoms with Gasteiger partial charge in [-0.25, -0.2) is 9.78 Å². The number of benzene rings is 1. The average Bonchev–Trinajstić information content (AvgIpc) is 2.69. The predicted molar refractivity (Wildman–Crippen MR) is 96.9 cm³/mol. The van der Waals surface area contributed by atoms with Crippen molar-refractivity contribution in [3.63, 3.8) is 0 Å². The second-order valence-corrected chi connectivity index (χ2v) is 6.31. The lowest BCUT2D eigenvalue weighted by Crippen LogP contribution is -2.49. The van der Waals surface area contributed by atoms with E-state index in [0.717, 1.165) is 25.2 Å². The van der Waals surface area contributed by atoms with Crippen molar-refractivity contribution >= 4 is 17.5 Å². The molecule has 0 unspecified atom stereocenters. The predicted octanol–water partition coefficient (Wildman–Crippen LogP) is 2.04. The van der Waals surface area contributed by atoms with Crippen LogP contribution in [0.3, 0.4) is 0 Å². The Morgan fingerprint density at radius 2 is 2.08 bits per heavy atom. The van der Waals surface area contributed by atoms with E-state index >= 15 is 0 Å². The number of carbonyl (C=O) groups is 1. The highest BCUT2D eigenvalue weighted by Gasteiger charge is 2.22. The Bertz CT molecular complexity index is 771. The number of nitrogens with one attached hydrogen (secondary N) is 2. The maximum Gasteiger partial charge on any atom is 0.319 e. The maximum absolute atomic E-state index is 12.4. The lowest BCUT2D eigenvalue weighted by atomic mass is 10.1. The number of amides is 2. The van der Waals surface area contributed by atoms with Crippen LogP contribution in [-0.2, 0) is 0 Å². The van der Waals surface area contributed by atoms with Crippen LogP contribution in [0, 0.1) is 0 Å². The molecule has 8 heteroatoms. The summed E-state index contributed by atoms with van der Waals surface area (Å²) in [5.41, 5.74) is 0.674. The first-order chi connectivity index (χ1) is 12.8. The van der Waals surface area contributed by atoms with Crippen molar-refractivity contribution in [2.24, 2.45) is 0 Å². The molecule has 1 atom stereocenters. The van der Waals surface area contributed by atoms with Crippen LogP contribution in [0.1, 0.15) is 12.8 Å². The Balaban J connectivity index is 1.34.